The second-order valence-electron chi connectivity index (χ2n) is 9.48. The maximum atomic E-state index is 13.8. The number of anilines is 1. The summed E-state index contributed by atoms with van der Waals surface area (Å²) in [5.74, 6) is -0.589. The second-order valence-corrected chi connectivity index (χ2v) is 12.2. The predicted octanol–water partition coefficient (Wildman–Crippen LogP) is 5.60. The molecule has 0 saturated heterocycles. The molecule has 0 fully saturated rings. The Labute approximate surface area is 231 Å². The molecule has 204 valence electrons. The Kier molecular flexibility index (Phi) is 11.3. The van der Waals surface area contributed by atoms with Gasteiger partial charge in [-0.15, -0.1) is 0 Å². The van der Waals surface area contributed by atoms with Crippen molar-refractivity contribution in [2.45, 2.75) is 72.0 Å². The van der Waals surface area contributed by atoms with Crippen LogP contribution in [0, 0.1) is 0 Å². The Morgan fingerprint density at radius 1 is 0.946 bits per heavy atom. The lowest BCUT2D eigenvalue weighted by Crippen LogP contribution is -2.53. The van der Waals surface area contributed by atoms with Crippen LogP contribution in [0.4, 0.5) is 5.69 Å². The fraction of sp³-hybridized carbons (Fsp3) is 0.481. The molecule has 37 heavy (non-hydrogen) atoms. The molecule has 0 heterocycles. The Morgan fingerprint density at radius 3 is 1.97 bits per heavy atom. The molecule has 0 aliphatic carbocycles. The number of benzene rings is 2. The van der Waals surface area contributed by atoms with Gasteiger partial charge in [-0.25, -0.2) is 8.42 Å². The van der Waals surface area contributed by atoms with E-state index in [1.54, 1.807) is 37.3 Å². The highest BCUT2D eigenvalue weighted by molar-refractivity contribution is 7.92. The van der Waals surface area contributed by atoms with Gasteiger partial charge in [0.1, 0.15) is 12.6 Å². The molecular formula is C27H37Cl2N3O4S. The summed E-state index contributed by atoms with van der Waals surface area (Å²) in [7, 11) is -3.81. The Bertz CT molecular complexity index is 1170. The normalized spacial score (nSPS) is 13.2. The lowest BCUT2D eigenvalue weighted by Gasteiger charge is -2.33. The molecule has 7 nitrogen and oxygen atoms in total. The zero-order valence-electron chi connectivity index (χ0n) is 22.3. The molecule has 0 aromatic heterocycles. The van der Waals surface area contributed by atoms with Gasteiger partial charge < -0.3 is 10.2 Å². The van der Waals surface area contributed by atoms with E-state index < -0.39 is 28.5 Å². The zero-order valence-corrected chi connectivity index (χ0v) is 24.6. The molecule has 0 aliphatic heterocycles. The number of amides is 2. The van der Waals surface area contributed by atoms with E-state index >= 15 is 0 Å². The molecule has 0 unspecified atom stereocenters. The monoisotopic (exact) mass is 569 g/mol. The molecule has 0 radical (unpaired) electrons. The van der Waals surface area contributed by atoms with Crippen LogP contribution in [0.15, 0.2) is 42.5 Å². The number of sulfonamides is 1. The minimum absolute atomic E-state index is 0.0480. The molecule has 10 heteroatoms. The number of nitrogens with zero attached hydrogens (tertiary/aromatic N) is 2. The van der Waals surface area contributed by atoms with E-state index in [2.05, 4.69) is 5.32 Å². The van der Waals surface area contributed by atoms with E-state index in [4.69, 9.17) is 23.2 Å². The third-order valence-corrected chi connectivity index (χ3v) is 8.15. The standard InChI is InChI=1S/C27H37Cl2N3O4S/c1-7-19(5)30-27(34)25(8-2)31(16-22-23(28)10-9-11-24(22)29)26(33)17-32(37(6,35)36)21-14-12-20(13-15-21)18(3)4/h9-15,18-19,25H,7-8,16-17H2,1-6H3,(H,30,34)/t19-,25-/m0/s1. The summed E-state index contributed by atoms with van der Waals surface area (Å²) >= 11 is 12.8. The predicted molar refractivity (Wildman–Crippen MR) is 152 cm³/mol. The van der Waals surface area contributed by atoms with Crippen molar-refractivity contribution in [2.75, 3.05) is 17.1 Å². The summed E-state index contributed by atoms with van der Waals surface area (Å²) in [6.45, 7) is 9.19. The number of rotatable bonds is 12. The first-order chi connectivity index (χ1) is 17.3. The van der Waals surface area contributed by atoms with Crippen LogP contribution in [-0.2, 0) is 26.2 Å². The van der Waals surface area contributed by atoms with E-state index in [0.29, 0.717) is 27.7 Å². The highest BCUT2D eigenvalue weighted by Crippen LogP contribution is 2.28. The number of hydrogen-bond acceptors (Lipinski definition) is 4. The SMILES string of the molecule is CC[C@H](C)NC(=O)[C@H](CC)N(Cc1c(Cl)cccc1Cl)C(=O)CN(c1ccc(C(C)C)cc1)S(C)(=O)=O. The van der Waals surface area contributed by atoms with E-state index in [1.807, 2.05) is 39.8 Å². The highest BCUT2D eigenvalue weighted by Gasteiger charge is 2.33. The van der Waals surface area contributed by atoms with Gasteiger partial charge in [0.15, 0.2) is 0 Å². The summed E-state index contributed by atoms with van der Waals surface area (Å²) in [5, 5.41) is 3.64. The van der Waals surface area contributed by atoms with Gasteiger partial charge in [-0.2, -0.15) is 0 Å². The minimum Gasteiger partial charge on any atom is -0.352 e. The van der Waals surface area contributed by atoms with Gasteiger partial charge in [-0.05, 0) is 55.5 Å². The number of halogens is 2. The number of hydrogen-bond donors (Lipinski definition) is 1. The van der Waals surface area contributed by atoms with Crippen molar-refractivity contribution in [3.63, 3.8) is 0 Å². The van der Waals surface area contributed by atoms with Gasteiger partial charge in [0.2, 0.25) is 21.8 Å². The first-order valence-corrected chi connectivity index (χ1v) is 15.0. The minimum atomic E-state index is -3.81. The van der Waals surface area contributed by atoms with E-state index in [9.17, 15) is 18.0 Å². The average Bonchev–Trinajstić information content (AvgIpc) is 2.83. The van der Waals surface area contributed by atoms with Crippen LogP contribution in [0.3, 0.4) is 0 Å². The van der Waals surface area contributed by atoms with Crippen LogP contribution in [0.1, 0.15) is 64.5 Å². The maximum absolute atomic E-state index is 13.8. The van der Waals surface area contributed by atoms with Crippen LogP contribution in [0.2, 0.25) is 10.0 Å². The summed E-state index contributed by atoms with van der Waals surface area (Å²) in [4.78, 5) is 28.4. The summed E-state index contributed by atoms with van der Waals surface area (Å²) in [6, 6.07) is 11.1. The third-order valence-electron chi connectivity index (χ3n) is 6.30. The van der Waals surface area contributed by atoms with Crippen molar-refractivity contribution in [1.29, 1.82) is 0 Å². The van der Waals surface area contributed by atoms with Gasteiger partial charge in [0.05, 0.1) is 11.9 Å². The van der Waals surface area contributed by atoms with Crippen molar-refractivity contribution in [2.24, 2.45) is 0 Å². The molecule has 0 saturated carbocycles. The zero-order chi connectivity index (χ0) is 27.9. The number of nitrogens with one attached hydrogen (secondary N) is 1. The topological polar surface area (TPSA) is 86.8 Å². The Morgan fingerprint density at radius 2 is 1.51 bits per heavy atom. The maximum Gasteiger partial charge on any atom is 0.244 e. The molecule has 0 aliphatic rings. The fourth-order valence-corrected chi connectivity index (χ4v) is 5.22. The van der Waals surface area contributed by atoms with Gasteiger partial charge >= 0.3 is 0 Å². The Hall–Kier alpha value is -2.29. The average molecular weight is 571 g/mol. The largest absolute Gasteiger partial charge is 0.352 e. The van der Waals surface area contributed by atoms with Crippen LogP contribution >= 0.6 is 23.2 Å². The van der Waals surface area contributed by atoms with Crippen molar-refractivity contribution in [1.82, 2.24) is 10.2 Å². The quantitative estimate of drug-likeness (QED) is 0.360. The van der Waals surface area contributed by atoms with Gasteiger partial charge in [-0.3, -0.25) is 13.9 Å². The third kappa shape index (κ3) is 8.35. The van der Waals surface area contributed by atoms with Crippen LogP contribution in [-0.4, -0.2) is 50.0 Å². The molecule has 0 spiro atoms. The van der Waals surface area contributed by atoms with Gasteiger partial charge in [0.25, 0.3) is 0 Å². The summed E-state index contributed by atoms with van der Waals surface area (Å²) < 4.78 is 26.6. The number of carbonyl (C=O) groups is 2. The van der Waals surface area contributed by atoms with E-state index in [-0.39, 0.29) is 24.4 Å². The van der Waals surface area contributed by atoms with Crippen molar-refractivity contribution in [3.8, 4) is 0 Å². The second kappa shape index (κ2) is 13.5. The van der Waals surface area contributed by atoms with Crippen molar-refractivity contribution >= 4 is 50.7 Å². The van der Waals surface area contributed by atoms with Crippen molar-refractivity contribution in [3.05, 3.63) is 63.6 Å². The van der Waals surface area contributed by atoms with Crippen molar-refractivity contribution < 1.29 is 18.0 Å². The lowest BCUT2D eigenvalue weighted by molar-refractivity contribution is -0.140. The summed E-state index contributed by atoms with van der Waals surface area (Å²) in [6.07, 6.45) is 2.09. The smallest absolute Gasteiger partial charge is 0.244 e. The molecule has 0 bridgehead atoms. The first kappa shape index (κ1) is 30.9. The van der Waals surface area contributed by atoms with Crippen LogP contribution in [0.5, 0.6) is 0 Å². The van der Waals surface area contributed by atoms with E-state index in [1.165, 1.54) is 4.90 Å². The molecule has 1 N–H and O–H groups in total. The summed E-state index contributed by atoms with van der Waals surface area (Å²) in [5.41, 5.74) is 1.90. The number of carbonyl (C=O) groups excluding carboxylic acids is 2. The lowest BCUT2D eigenvalue weighted by atomic mass is 10.0. The molecule has 2 atom stereocenters. The molecule has 2 amide bonds. The fourth-order valence-electron chi connectivity index (χ4n) is 3.85. The first-order valence-electron chi connectivity index (χ1n) is 12.4. The molecule has 2 aromatic carbocycles. The van der Waals surface area contributed by atoms with Gasteiger partial charge in [-0.1, -0.05) is 69.1 Å². The van der Waals surface area contributed by atoms with Crippen LogP contribution < -0.4 is 9.62 Å². The highest BCUT2D eigenvalue weighted by atomic mass is 35.5. The molecular weight excluding hydrogens is 533 g/mol. The Balaban J connectivity index is 2.50. The molecule has 2 aromatic rings. The molecule has 2 rings (SSSR count). The van der Waals surface area contributed by atoms with Gasteiger partial charge in [0, 0.05) is 28.2 Å². The van der Waals surface area contributed by atoms with Crippen LogP contribution in [0.25, 0.3) is 0 Å². The van der Waals surface area contributed by atoms with E-state index in [0.717, 1.165) is 22.5 Å².